The van der Waals surface area contributed by atoms with Crippen molar-refractivity contribution in [3.8, 4) is 0 Å². The highest BCUT2D eigenvalue weighted by molar-refractivity contribution is 5.87. The van der Waals surface area contributed by atoms with E-state index in [1.54, 1.807) is 12.2 Å². The molecule has 0 saturated carbocycles. The van der Waals surface area contributed by atoms with Gasteiger partial charge in [-0.2, -0.15) is 0 Å². The molecule has 1 fully saturated rings. The second-order valence-corrected chi connectivity index (χ2v) is 10.5. The van der Waals surface area contributed by atoms with E-state index in [9.17, 15) is 9.90 Å². The second-order valence-electron chi connectivity index (χ2n) is 10.5. The predicted molar refractivity (Wildman–Crippen MR) is 147 cm³/mol. The molecule has 0 aromatic heterocycles. The van der Waals surface area contributed by atoms with Crippen molar-refractivity contribution in [2.75, 3.05) is 13.6 Å². The maximum atomic E-state index is 12.2. The van der Waals surface area contributed by atoms with Crippen LogP contribution in [-0.2, 0) is 14.3 Å². The quantitative estimate of drug-likeness (QED) is 0.477. The van der Waals surface area contributed by atoms with Crippen molar-refractivity contribution in [3.63, 3.8) is 0 Å². The van der Waals surface area contributed by atoms with Gasteiger partial charge in [0.25, 0.3) is 0 Å². The molecule has 36 heavy (non-hydrogen) atoms. The Morgan fingerprint density at radius 1 is 1.14 bits per heavy atom. The Kier molecular flexibility index (Phi) is 13.4. The third-order valence-electron chi connectivity index (χ3n) is 6.96. The summed E-state index contributed by atoms with van der Waals surface area (Å²) in [4.78, 5) is 12.2. The van der Waals surface area contributed by atoms with E-state index in [0.29, 0.717) is 18.9 Å². The first-order chi connectivity index (χ1) is 17.2. The van der Waals surface area contributed by atoms with Crippen LogP contribution in [0.4, 0.5) is 0 Å². The maximum absolute atomic E-state index is 12.2. The fourth-order valence-electron chi connectivity index (χ4n) is 4.68. The molecule has 0 aromatic rings. The van der Waals surface area contributed by atoms with E-state index < -0.39 is 12.4 Å². The van der Waals surface area contributed by atoms with Gasteiger partial charge in [-0.15, -0.1) is 0 Å². The van der Waals surface area contributed by atoms with Crippen molar-refractivity contribution in [2.24, 2.45) is 11.8 Å². The van der Waals surface area contributed by atoms with Gasteiger partial charge < -0.3 is 25.2 Å². The van der Waals surface area contributed by atoms with Crippen molar-refractivity contribution < 1.29 is 19.4 Å². The Morgan fingerprint density at radius 2 is 1.92 bits per heavy atom. The number of carbonyl (C=O) groups excluding carboxylic acids is 1. The number of hydrogen-bond donors (Lipinski definition) is 3. The average Bonchev–Trinajstić information content (AvgIpc) is 2.82. The summed E-state index contributed by atoms with van der Waals surface area (Å²) in [5.74, 6) is 0.435. The molecule has 6 heteroatoms. The van der Waals surface area contributed by atoms with Crippen LogP contribution in [0.2, 0.25) is 0 Å². The summed E-state index contributed by atoms with van der Waals surface area (Å²) in [6, 6.07) is -0.105. The number of nitrogens with one attached hydrogen (secondary N) is 2. The van der Waals surface area contributed by atoms with Crippen LogP contribution in [0.3, 0.4) is 0 Å². The minimum absolute atomic E-state index is 0.0771. The van der Waals surface area contributed by atoms with E-state index in [2.05, 4.69) is 68.7 Å². The SMILES string of the molecule is CN[C@H]1[C@@H](O)C[C@H](OC2C/C=C(\C)C/C(C)=C/C=C/CCC(C)CNC(=O)/C=C/C=C/C2C)O[C@@H]1C. The van der Waals surface area contributed by atoms with Crippen molar-refractivity contribution in [1.82, 2.24) is 10.6 Å². The van der Waals surface area contributed by atoms with Crippen LogP contribution >= 0.6 is 0 Å². The zero-order valence-electron chi connectivity index (χ0n) is 23.1. The van der Waals surface area contributed by atoms with Gasteiger partial charge in [0.15, 0.2) is 6.29 Å². The van der Waals surface area contributed by atoms with Gasteiger partial charge in [0.2, 0.25) is 5.91 Å². The van der Waals surface area contributed by atoms with Crippen LogP contribution in [0.5, 0.6) is 0 Å². The van der Waals surface area contributed by atoms with Gasteiger partial charge >= 0.3 is 0 Å². The fourth-order valence-corrected chi connectivity index (χ4v) is 4.68. The summed E-state index contributed by atoms with van der Waals surface area (Å²) in [7, 11) is 1.84. The molecule has 6 nitrogen and oxygen atoms in total. The summed E-state index contributed by atoms with van der Waals surface area (Å²) in [5.41, 5.74) is 2.62. The third kappa shape index (κ3) is 11.0. The van der Waals surface area contributed by atoms with Gasteiger partial charge in [-0.3, -0.25) is 4.79 Å². The van der Waals surface area contributed by atoms with Gasteiger partial charge in [0, 0.05) is 25.0 Å². The lowest BCUT2D eigenvalue weighted by molar-refractivity contribution is -0.241. The van der Waals surface area contributed by atoms with E-state index in [0.717, 1.165) is 25.7 Å². The highest BCUT2D eigenvalue weighted by Crippen LogP contribution is 2.26. The highest BCUT2D eigenvalue weighted by Gasteiger charge is 2.36. The molecule has 202 valence electrons. The van der Waals surface area contributed by atoms with Gasteiger partial charge in [-0.05, 0) is 59.4 Å². The van der Waals surface area contributed by atoms with Crippen LogP contribution < -0.4 is 10.6 Å². The molecule has 2 aliphatic rings. The normalized spacial score (nSPS) is 39.5. The zero-order valence-corrected chi connectivity index (χ0v) is 23.1. The molecule has 0 aromatic carbocycles. The maximum Gasteiger partial charge on any atom is 0.243 e. The molecule has 3 unspecified atom stereocenters. The van der Waals surface area contributed by atoms with E-state index in [4.69, 9.17) is 9.47 Å². The Hall–Kier alpha value is -1.99. The standard InChI is InChI=1S/C30H48N2O4/c1-21-12-8-7-9-13-23(3)20-32-28(34)15-11-10-14-24(4)27(17-16-22(2)18-21)36-29-19-26(33)30(31-6)25(5)35-29/h7-8,10-12,14-16,23-27,29-31,33H,9,13,17-20H2,1-6H3,(H,32,34)/b8-7+,14-10+,15-11+,21-12+,22-16+/t23?,24?,25-,26+,27?,29+,30-/m1/s1. The lowest BCUT2D eigenvalue weighted by Gasteiger charge is -2.39. The number of rotatable bonds is 3. The lowest BCUT2D eigenvalue weighted by Crippen LogP contribution is -2.54. The largest absolute Gasteiger partial charge is 0.391 e. The van der Waals surface area contributed by atoms with Crippen LogP contribution in [0, 0.1) is 11.8 Å². The minimum Gasteiger partial charge on any atom is -0.391 e. The summed E-state index contributed by atoms with van der Waals surface area (Å²) in [5, 5.41) is 16.7. The van der Waals surface area contributed by atoms with Crippen molar-refractivity contribution >= 4 is 5.91 Å². The van der Waals surface area contributed by atoms with E-state index in [1.165, 1.54) is 11.1 Å². The van der Waals surface area contributed by atoms with Crippen LogP contribution in [0.15, 0.2) is 59.8 Å². The monoisotopic (exact) mass is 500 g/mol. The van der Waals surface area contributed by atoms with E-state index in [1.807, 2.05) is 20.0 Å². The molecule has 0 radical (unpaired) electrons. The molecule has 7 atom stereocenters. The molecular weight excluding hydrogens is 452 g/mol. The first-order valence-electron chi connectivity index (χ1n) is 13.5. The third-order valence-corrected chi connectivity index (χ3v) is 6.96. The smallest absolute Gasteiger partial charge is 0.243 e. The number of aliphatic hydroxyl groups excluding tert-OH is 1. The Balaban J connectivity index is 2.18. The summed E-state index contributed by atoms with van der Waals surface area (Å²) in [6.07, 6.45) is 19.0. The van der Waals surface area contributed by atoms with Crippen LogP contribution in [0.1, 0.15) is 66.7 Å². The number of amides is 1. The first-order valence-corrected chi connectivity index (χ1v) is 13.5. The van der Waals surface area contributed by atoms with Gasteiger partial charge in [-0.25, -0.2) is 0 Å². The molecule has 1 amide bonds. The predicted octanol–water partition coefficient (Wildman–Crippen LogP) is 4.98. The lowest BCUT2D eigenvalue weighted by atomic mass is 9.97. The fraction of sp³-hybridized carbons (Fsp3) is 0.633. The molecular formula is C30H48N2O4. The Labute approximate surface area is 218 Å². The van der Waals surface area contributed by atoms with Gasteiger partial charge in [-0.1, -0.05) is 67.5 Å². The van der Waals surface area contributed by atoms with Crippen LogP contribution in [-0.4, -0.2) is 55.2 Å². The molecule has 3 N–H and O–H groups in total. The Morgan fingerprint density at radius 3 is 2.64 bits per heavy atom. The number of likely N-dealkylation sites (N-methyl/N-ethyl adjacent to an activating group) is 1. The molecule has 2 rings (SSSR count). The zero-order chi connectivity index (χ0) is 26.5. The molecule has 2 aliphatic heterocycles. The summed E-state index contributed by atoms with van der Waals surface area (Å²) >= 11 is 0. The van der Waals surface area contributed by atoms with Crippen molar-refractivity contribution in [1.29, 1.82) is 0 Å². The van der Waals surface area contributed by atoms with Gasteiger partial charge in [0.1, 0.15) is 0 Å². The molecule has 1 saturated heterocycles. The van der Waals surface area contributed by atoms with Crippen molar-refractivity contribution in [2.45, 2.75) is 97.4 Å². The number of carbonyl (C=O) groups is 1. The minimum atomic E-state index is -0.524. The number of hydrogen-bond acceptors (Lipinski definition) is 5. The Bertz CT molecular complexity index is 817. The molecule has 0 bridgehead atoms. The van der Waals surface area contributed by atoms with Crippen molar-refractivity contribution in [3.05, 3.63) is 59.8 Å². The number of ether oxygens (including phenoxy) is 2. The molecule has 0 aliphatic carbocycles. The van der Waals surface area contributed by atoms with Crippen LogP contribution in [0.25, 0.3) is 0 Å². The second kappa shape index (κ2) is 16.0. The topological polar surface area (TPSA) is 79.8 Å². The van der Waals surface area contributed by atoms with E-state index in [-0.39, 0.29) is 30.1 Å². The molecule has 2 heterocycles. The summed E-state index contributed by atoms with van der Waals surface area (Å²) < 4.78 is 12.5. The summed E-state index contributed by atoms with van der Waals surface area (Å²) in [6.45, 7) is 11.2. The molecule has 0 spiro atoms. The number of allylic oxidation sites excluding steroid dienone is 7. The average molecular weight is 501 g/mol. The first kappa shape index (κ1) is 30.2. The van der Waals surface area contributed by atoms with Gasteiger partial charge in [0.05, 0.1) is 24.4 Å². The highest BCUT2D eigenvalue weighted by atomic mass is 16.7. The van der Waals surface area contributed by atoms with E-state index >= 15 is 0 Å². The number of aliphatic hydroxyl groups is 1.